The molecule has 3 nitrogen and oxygen atoms in total. The van der Waals surface area contributed by atoms with Gasteiger partial charge in [0.15, 0.2) is 0 Å². The fraction of sp³-hybridized carbons (Fsp3) is 0. The predicted molar refractivity (Wildman–Crippen MR) is 3.59 cm³/mol. The molecule has 0 bridgehead atoms. The van der Waals surface area contributed by atoms with E-state index < -0.39 is 15.4 Å². The van der Waals surface area contributed by atoms with E-state index in [0.29, 0.717) is 0 Å². The average molecular weight is 148 g/mol. The fourth-order valence-corrected chi connectivity index (χ4v) is 0. The van der Waals surface area contributed by atoms with Crippen molar-refractivity contribution in [3.63, 3.8) is 0 Å². The molecule has 5 heteroatoms. The third-order valence-corrected chi connectivity index (χ3v) is 0. The van der Waals surface area contributed by atoms with Crippen LogP contribution in [0.4, 0.5) is 0 Å². The van der Waals surface area contributed by atoms with E-state index in [4.69, 9.17) is 11.4 Å². The van der Waals surface area contributed by atoms with Gasteiger partial charge in [-0.25, -0.2) is 0 Å². The molecule has 0 saturated carbocycles. The quantitative estimate of drug-likeness (QED) is 0.457. The maximum atomic E-state index is 8.67. The van der Waals surface area contributed by atoms with Crippen LogP contribution in [0.15, 0.2) is 0 Å². The monoisotopic (exact) mass is 148 g/mol. The minimum absolute atomic E-state index is 0. The Balaban J connectivity index is 0. The van der Waals surface area contributed by atoms with Crippen molar-refractivity contribution in [3.8, 4) is 0 Å². The number of hydrogen-bond donors (Lipinski definition) is 1. The van der Waals surface area contributed by atoms with Gasteiger partial charge in [-0.05, 0) is 0 Å². The molecule has 0 heterocycles. The first-order chi connectivity index (χ1) is 1.73. The summed E-state index contributed by atoms with van der Waals surface area (Å²) in [5, 5.41) is 0. The van der Waals surface area contributed by atoms with Crippen molar-refractivity contribution in [3.05, 3.63) is 0 Å². The van der Waals surface area contributed by atoms with Crippen molar-refractivity contribution in [2.24, 2.45) is 0 Å². The smallest absolute Gasteiger partial charge is 0 e. The molecule has 5 heavy (non-hydrogen) atoms. The maximum absolute atomic E-state index is 8.67. The molecule has 0 saturated heterocycles. The van der Waals surface area contributed by atoms with Crippen LogP contribution < -0.4 is 0 Å². The molecule has 0 unspecified atom stereocenters. The molecule has 0 atom stereocenters. The molecule has 0 aromatic carbocycles. The summed E-state index contributed by atoms with van der Waals surface area (Å²) in [7, 11) is 0. The third-order valence-electron chi connectivity index (χ3n) is 0. The second kappa shape index (κ2) is 4.86. The zero-order chi connectivity index (χ0) is 3.58. The van der Waals surface area contributed by atoms with E-state index in [1.165, 1.54) is 0 Å². The molecule has 0 amide bonds. The second-order valence-corrected chi connectivity index (χ2v) is 0.981. The molecule has 0 spiro atoms. The van der Waals surface area contributed by atoms with Crippen molar-refractivity contribution in [2.75, 3.05) is 0 Å². The Labute approximate surface area is 48.6 Å². The Morgan fingerprint density at radius 3 is 1.40 bits per heavy atom. The van der Waals surface area contributed by atoms with Crippen LogP contribution in [0, 0.1) is 0 Å². The van der Waals surface area contributed by atoms with Crippen LogP contribution in [0.25, 0.3) is 0 Å². The normalized spacial score (nSPS) is 5.00. The SMILES string of the molecule is [O]=[V](=[O])[OH].[Ti]. The molecule has 0 aliphatic heterocycles. The maximum Gasteiger partial charge on any atom is 0 e. The molecule has 0 rings (SSSR count). The van der Waals surface area contributed by atoms with E-state index in [1.807, 2.05) is 0 Å². The van der Waals surface area contributed by atoms with E-state index in [-0.39, 0.29) is 21.7 Å². The molecule has 0 fully saturated rings. The van der Waals surface area contributed by atoms with E-state index in [0.717, 1.165) is 0 Å². The van der Waals surface area contributed by atoms with Crippen molar-refractivity contribution in [1.82, 2.24) is 0 Å². The van der Waals surface area contributed by atoms with Crippen molar-refractivity contribution < 1.29 is 48.5 Å². The van der Waals surface area contributed by atoms with Gasteiger partial charge in [-0.15, -0.1) is 0 Å². The summed E-state index contributed by atoms with van der Waals surface area (Å²) in [6, 6.07) is 0. The Kier molecular flexibility index (Phi) is 9.03. The average Bonchev–Trinajstić information content (AvgIpc) is 0.811. The Morgan fingerprint density at radius 2 is 1.40 bits per heavy atom. The van der Waals surface area contributed by atoms with Crippen molar-refractivity contribution in [2.45, 2.75) is 0 Å². The van der Waals surface area contributed by atoms with Gasteiger partial charge < -0.3 is 0 Å². The molecule has 0 radical (unpaired) electrons. The van der Waals surface area contributed by atoms with Gasteiger partial charge in [-0.3, -0.25) is 0 Å². The second-order valence-electron chi connectivity index (χ2n) is 0.238. The molecule has 0 aliphatic rings. The third kappa shape index (κ3) is 53.8. The van der Waals surface area contributed by atoms with Gasteiger partial charge in [0.05, 0.1) is 0 Å². The molecular formula is HO3TiV. The van der Waals surface area contributed by atoms with Crippen LogP contribution in [0.2, 0.25) is 0 Å². The summed E-state index contributed by atoms with van der Waals surface area (Å²) < 4.78 is 24.4. The van der Waals surface area contributed by atoms with E-state index >= 15 is 0 Å². The van der Waals surface area contributed by atoms with Gasteiger partial charge in [0, 0.05) is 21.7 Å². The van der Waals surface area contributed by atoms with E-state index in [2.05, 4.69) is 0 Å². The molecule has 1 N–H and O–H groups in total. The van der Waals surface area contributed by atoms with Crippen LogP contribution in [-0.2, 0) is 44.5 Å². The van der Waals surface area contributed by atoms with Gasteiger partial charge in [-0.2, -0.15) is 0 Å². The summed E-state index contributed by atoms with van der Waals surface area (Å²) in [6.45, 7) is 0. The van der Waals surface area contributed by atoms with Gasteiger partial charge in [0.2, 0.25) is 0 Å². The van der Waals surface area contributed by atoms with E-state index in [1.54, 1.807) is 0 Å². The van der Waals surface area contributed by atoms with Gasteiger partial charge in [0.25, 0.3) is 0 Å². The standard InChI is InChI=1S/H2O.2O.Ti.V/h1H2;;;;/q;;;;+1/p-1. The first kappa shape index (κ1) is 9.29. The van der Waals surface area contributed by atoms with Gasteiger partial charge >= 0.3 is 26.8 Å². The van der Waals surface area contributed by atoms with E-state index in [9.17, 15) is 0 Å². The summed E-state index contributed by atoms with van der Waals surface area (Å²) in [4.78, 5) is 0. The molecule has 0 aromatic rings. The zero-order valence-electron chi connectivity index (χ0n) is 2.21. The molecular weight excluding hydrogens is 147 g/mol. The number of hydrogen-bond acceptors (Lipinski definition) is 2. The minimum atomic E-state index is -3.69. The summed E-state index contributed by atoms with van der Waals surface area (Å²) in [6.07, 6.45) is 0. The van der Waals surface area contributed by atoms with Crippen LogP contribution in [0.1, 0.15) is 0 Å². The zero-order valence-corrected chi connectivity index (χ0v) is 5.17. The summed E-state index contributed by atoms with van der Waals surface area (Å²) in [5.74, 6) is 0. The van der Waals surface area contributed by atoms with Gasteiger partial charge in [0.1, 0.15) is 0 Å². The first-order valence-corrected chi connectivity index (χ1v) is 2.33. The molecule has 0 aromatic heterocycles. The van der Waals surface area contributed by atoms with Crippen molar-refractivity contribution in [1.29, 1.82) is 0 Å². The van der Waals surface area contributed by atoms with Crippen LogP contribution in [-0.4, -0.2) is 4.03 Å². The van der Waals surface area contributed by atoms with Crippen LogP contribution in [0.5, 0.6) is 0 Å². The Bertz CT molecular complexity index is 55.3. The largest absolute Gasteiger partial charge is 0 e. The topological polar surface area (TPSA) is 54.4 Å². The predicted octanol–water partition coefficient (Wildman–Crippen LogP) is -0.800. The fourth-order valence-electron chi connectivity index (χ4n) is 0. The first-order valence-electron chi connectivity index (χ1n) is 0.565. The molecule has 0 aliphatic carbocycles. The number of rotatable bonds is 0. The Morgan fingerprint density at radius 1 is 1.40 bits per heavy atom. The van der Waals surface area contributed by atoms with Crippen LogP contribution in [0.3, 0.4) is 0 Å². The van der Waals surface area contributed by atoms with Crippen LogP contribution >= 0.6 is 0 Å². The Hall–Kier alpha value is 0.859. The van der Waals surface area contributed by atoms with Crippen molar-refractivity contribution >= 4 is 0 Å². The minimum Gasteiger partial charge on any atom is 0 e. The van der Waals surface area contributed by atoms with Gasteiger partial charge in [-0.1, -0.05) is 0 Å². The molecule has 28 valence electrons. The summed E-state index contributed by atoms with van der Waals surface area (Å²) in [5.41, 5.74) is 0. The summed E-state index contributed by atoms with van der Waals surface area (Å²) >= 11 is -3.69.